The van der Waals surface area contributed by atoms with Crippen LogP contribution in [-0.2, 0) is 6.54 Å². The van der Waals surface area contributed by atoms with Gasteiger partial charge in [-0.3, -0.25) is 4.68 Å². The van der Waals surface area contributed by atoms with E-state index in [4.69, 9.17) is 5.73 Å². The van der Waals surface area contributed by atoms with Gasteiger partial charge in [-0.1, -0.05) is 24.6 Å². The first kappa shape index (κ1) is 11.1. The van der Waals surface area contributed by atoms with Crippen molar-refractivity contribution in [3.63, 3.8) is 0 Å². The molecule has 3 nitrogen and oxygen atoms in total. The molecule has 1 atom stereocenters. The van der Waals surface area contributed by atoms with Crippen LogP contribution in [0.4, 0.5) is 0 Å². The molecule has 0 fully saturated rings. The Bertz CT molecular complexity index is 445. The second kappa shape index (κ2) is 5.12. The minimum Gasteiger partial charge on any atom is -0.328 e. The van der Waals surface area contributed by atoms with Crippen LogP contribution in [0.25, 0.3) is 10.9 Å². The maximum Gasteiger partial charge on any atom is 0.0682 e. The average Bonchev–Trinajstić information content (AvgIpc) is 2.68. The Labute approximate surface area is 96.2 Å². The standard InChI is InChI=1S/C13H19N3/c1-11(14)6-4-5-9-16-13-8-3-2-7-12(13)10-15-16/h2-3,7-8,10-11H,4-6,9,14H2,1H3. The molecule has 0 aliphatic rings. The zero-order valence-corrected chi connectivity index (χ0v) is 9.76. The molecule has 0 radical (unpaired) electrons. The molecule has 0 bridgehead atoms. The number of para-hydroxylation sites is 1. The summed E-state index contributed by atoms with van der Waals surface area (Å²) in [6.45, 7) is 3.05. The topological polar surface area (TPSA) is 43.8 Å². The Hall–Kier alpha value is -1.35. The molecule has 0 spiro atoms. The van der Waals surface area contributed by atoms with E-state index in [2.05, 4.69) is 34.9 Å². The zero-order valence-electron chi connectivity index (χ0n) is 9.76. The smallest absolute Gasteiger partial charge is 0.0682 e. The van der Waals surface area contributed by atoms with E-state index in [0.717, 1.165) is 19.4 Å². The van der Waals surface area contributed by atoms with Crippen molar-refractivity contribution < 1.29 is 0 Å². The third-order valence-corrected chi connectivity index (χ3v) is 2.83. The summed E-state index contributed by atoms with van der Waals surface area (Å²) in [5.41, 5.74) is 6.95. The van der Waals surface area contributed by atoms with E-state index in [1.807, 2.05) is 12.3 Å². The van der Waals surface area contributed by atoms with Gasteiger partial charge in [0.2, 0.25) is 0 Å². The molecule has 0 aliphatic heterocycles. The highest BCUT2D eigenvalue weighted by atomic mass is 15.3. The molecule has 2 N–H and O–H groups in total. The first-order valence-corrected chi connectivity index (χ1v) is 5.93. The molecule has 0 saturated heterocycles. The Morgan fingerprint density at radius 3 is 2.94 bits per heavy atom. The SMILES string of the molecule is CC(N)CCCCn1ncc2ccccc21. The molecule has 3 heteroatoms. The van der Waals surface area contributed by atoms with E-state index in [1.165, 1.54) is 17.3 Å². The molecule has 0 saturated carbocycles. The van der Waals surface area contributed by atoms with Crippen molar-refractivity contribution in [1.29, 1.82) is 0 Å². The number of hydrogen-bond acceptors (Lipinski definition) is 2. The van der Waals surface area contributed by atoms with Crippen molar-refractivity contribution in [3.8, 4) is 0 Å². The lowest BCUT2D eigenvalue weighted by Gasteiger charge is -2.05. The Kier molecular flexibility index (Phi) is 3.57. The van der Waals surface area contributed by atoms with Gasteiger partial charge in [0.15, 0.2) is 0 Å². The predicted molar refractivity (Wildman–Crippen MR) is 67.2 cm³/mol. The number of hydrogen-bond donors (Lipinski definition) is 1. The van der Waals surface area contributed by atoms with Crippen molar-refractivity contribution in [1.82, 2.24) is 9.78 Å². The van der Waals surface area contributed by atoms with E-state index in [9.17, 15) is 0 Å². The predicted octanol–water partition coefficient (Wildman–Crippen LogP) is 2.55. The van der Waals surface area contributed by atoms with Crippen LogP contribution >= 0.6 is 0 Å². The summed E-state index contributed by atoms with van der Waals surface area (Å²) < 4.78 is 2.08. The fourth-order valence-corrected chi connectivity index (χ4v) is 1.93. The highest BCUT2D eigenvalue weighted by Gasteiger charge is 2.01. The number of rotatable bonds is 5. The summed E-state index contributed by atoms with van der Waals surface area (Å²) >= 11 is 0. The third-order valence-electron chi connectivity index (χ3n) is 2.83. The second-order valence-electron chi connectivity index (χ2n) is 4.40. The summed E-state index contributed by atoms with van der Waals surface area (Å²) in [5, 5.41) is 5.61. The van der Waals surface area contributed by atoms with Crippen LogP contribution in [0.2, 0.25) is 0 Å². The number of nitrogens with zero attached hydrogens (tertiary/aromatic N) is 2. The van der Waals surface area contributed by atoms with Gasteiger partial charge in [0, 0.05) is 18.0 Å². The van der Waals surface area contributed by atoms with Crippen LogP contribution in [0.15, 0.2) is 30.5 Å². The summed E-state index contributed by atoms with van der Waals surface area (Å²) in [4.78, 5) is 0. The third kappa shape index (κ3) is 2.61. The molecule has 1 heterocycles. The minimum atomic E-state index is 0.314. The van der Waals surface area contributed by atoms with Gasteiger partial charge in [0.05, 0.1) is 11.7 Å². The fourth-order valence-electron chi connectivity index (χ4n) is 1.93. The fraction of sp³-hybridized carbons (Fsp3) is 0.462. The van der Waals surface area contributed by atoms with Crippen molar-refractivity contribution in [2.75, 3.05) is 0 Å². The number of aryl methyl sites for hydroxylation is 1. The summed E-state index contributed by atoms with van der Waals surface area (Å²) in [6.07, 6.45) is 5.35. The molecule has 0 aliphatic carbocycles. The van der Waals surface area contributed by atoms with Crippen LogP contribution in [0.1, 0.15) is 26.2 Å². The van der Waals surface area contributed by atoms with Gasteiger partial charge < -0.3 is 5.73 Å². The number of benzene rings is 1. The molecule has 2 rings (SSSR count). The van der Waals surface area contributed by atoms with Gasteiger partial charge in [-0.25, -0.2) is 0 Å². The number of fused-ring (bicyclic) bond motifs is 1. The van der Waals surface area contributed by atoms with Crippen molar-refractivity contribution in [2.24, 2.45) is 5.73 Å². The Morgan fingerprint density at radius 1 is 1.31 bits per heavy atom. The first-order valence-electron chi connectivity index (χ1n) is 5.93. The number of nitrogens with two attached hydrogens (primary N) is 1. The van der Waals surface area contributed by atoms with E-state index in [0.29, 0.717) is 6.04 Å². The number of unbranched alkanes of at least 4 members (excludes halogenated alkanes) is 1. The first-order chi connectivity index (χ1) is 7.77. The minimum absolute atomic E-state index is 0.314. The Balaban J connectivity index is 1.94. The largest absolute Gasteiger partial charge is 0.328 e. The van der Waals surface area contributed by atoms with Gasteiger partial charge in [0.25, 0.3) is 0 Å². The molecule has 1 unspecified atom stereocenters. The van der Waals surface area contributed by atoms with Crippen LogP contribution in [0, 0.1) is 0 Å². The maximum absolute atomic E-state index is 5.72. The lowest BCUT2D eigenvalue weighted by molar-refractivity contribution is 0.530. The summed E-state index contributed by atoms with van der Waals surface area (Å²) in [6, 6.07) is 8.64. The quantitative estimate of drug-likeness (QED) is 0.782. The van der Waals surface area contributed by atoms with Crippen LogP contribution in [0.5, 0.6) is 0 Å². The molecule has 1 aromatic heterocycles. The molecule has 16 heavy (non-hydrogen) atoms. The molecular formula is C13H19N3. The molecular weight excluding hydrogens is 198 g/mol. The van der Waals surface area contributed by atoms with E-state index in [1.54, 1.807) is 0 Å². The molecule has 1 aromatic carbocycles. The van der Waals surface area contributed by atoms with Crippen molar-refractivity contribution in [3.05, 3.63) is 30.5 Å². The summed E-state index contributed by atoms with van der Waals surface area (Å²) in [5.74, 6) is 0. The normalized spacial score (nSPS) is 13.1. The average molecular weight is 217 g/mol. The molecule has 2 aromatic rings. The van der Waals surface area contributed by atoms with E-state index in [-0.39, 0.29) is 0 Å². The van der Waals surface area contributed by atoms with E-state index < -0.39 is 0 Å². The van der Waals surface area contributed by atoms with Crippen molar-refractivity contribution in [2.45, 2.75) is 38.8 Å². The Morgan fingerprint density at radius 2 is 2.12 bits per heavy atom. The van der Waals surface area contributed by atoms with Crippen LogP contribution in [0.3, 0.4) is 0 Å². The highest BCUT2D eigenvalue weighted by molar-refractivity contribution is 5.78. The van der Waals surface area contributed by atoms with Crippen LogP contribution in [-0.4, -0.2) is 15.8 Å². The molecule has 86 valence electrons. The highest BCUT2D eigenvalue weighted by Crippen LogP contribution is 2.13. The van der Waals surface area contributed by atoms with Gasteiger partial charge >= 0.3 is 0 Å². The van der Waals surface area contributed by atoms with E-state index >= 15 is 0 Å². The van der Waals surface area contributed by atoms with Gasteiger partial charge in [-0.05, 0) is 25.8 Å². The van der Waals surface area contributed by atoms with Gasteiger partial charge in [-0.2, -0.15) is 5.10 Å². The maximum atomic E-state index is 5.72. The van der Waals surface area contributed by atoms with Gasteiger partial charge in [0.1, 0.15) is 0 Å². The van der Waals surface area contributed by atoms with Gasteiger partial charge in [-0.15, -0.1) is 0 Å². The number of aromatic nitrogens is 2. The molecule has 0 amide bonds. The summed E-state index contributed by atoms with van der Waals surface area (Å²) in [7, 11) is 0. The van der Waals surface area contributed by atoms with Crippen LogP contribution < -0.4 is 5.73 Å². The zero-order chi connectivity index (χ0) is 11.4. The lowest BCUT2D eigenvalue weighted by atomic mass is 10.1. The lowest BCUT2D eigenvalue weighted by Crippen LogP contribution is -2.14. The van der Waals surface area contributed by atoms with Crippen molar-refractivity contribution >= 4 is 10.9 Å². The second-order valence-corrected chi connectivity index (χ2v) is 4.40. The monoisotopic (exact) mass is 217 g/mol.